The highest BCUT2D eigenvalue weighted by molar-refractivity contribution is 7.99. The van der Waals surface area contributed by atoms with Crippen LogP contribution in [0.15, 0.2) is 23.4 Å². The highest BCUT2D eigenvalue weighted by Gasteiger charge is 2.31. The minimum Gasteiger partial charge on any atom is -0.497 e. The number of carbonyl (C=O) groups is 1. The third kappa shape index (κ3) is 3.92. The zero-order valence-electron chi connectivity index (χ0n) is 15.2. The minimum atomic E-state index is 0.0223. The van der Waals surface area contributed by atoms with E-state index in [1.54, 1.807) is 25.9 Å². The van der Waals surface area contributed by atoms with Crippen LogP contribution in [-0.2, 0) is 11.8 Å². The van der Waals surface area contributed by atoms with E-state index in [0.29, 0.717) is 17.3 Å². The van der Waals surface area contributed by atoms with Crippen molar-refractivity contribution in [3.63, 3.8) is 0 Å². The summed E-state index contributed by atoms with van der Waals surface area (Å²) in [7, 11) is 5.08. The number of likely N-dealkylation sites (tertiary alicyclic amines) is 1. The van der Waals surface area contributed by atoms with Crippen LogP contribution in [-0.4, -0.2) is 57.5 Å². The van der Waals surface area contributed by atoms with Gasteiger partial charge in [0.2, 0.25) is 11.1 Å². The predicted molar refractivity (Wildman–Crippen MR) is 97.4 cm³/mol. The lowest BCUT2D eigenvalue weighted by molar-refractivity contribution is -0.131. The summed E-state index contributed by atoms with van der Waals surface area (Å²) in [5.41, 5.74) is 1.00. The second-order valence-corrected chi connectivity index (χ2v) is 7.10. The molecule has 2 aromatic rings. The maximum atomic E-state index is 12.8. The molecule has 0 N–H and O–H groups in total. The Morgan fingerprint density at radius 1 is 1.35 bits per heavy atom. The number of nitrogens with zero attached hydrogens (tertiary/aromatic N) is 5. The summed E-state index contributed by atoms with van der Waals surface area (Å²) in [6, 6.07) is 5.75. The largest absolute Gasteiger partial charge is 0.497 e. The molecule has 0 aliphatic carbocycles. The van der Waals surface area contributed by atoms with Gasteiger partial charge in [-0.25, -0.2) is 4.68 Å². The lowest BCUT2D eigenvalue weighted by atomic mass is 10.0. The fourth-order valence-corrected chi connectivity index (χ4v) is 3.98. The van der Waals surface area contributed by atoms with E-state index in [0.717, 1.165) is 36.4 Å². The number of aryl methyl sites for hydroxylation is 1. The number of benzene rings is 1. The van der Waals surface area contributed by atoms with Gasteiger partial charge in [-0.15, -0.1) is 5.10 Å². The van der Waals surface area contributed by atoms with Gasteiger partial charge in [0.25, 0.3) is 0 Å². The summed E-state index contributed by atoms with van der Waals surface area (Å²) in [5.74, 6) is 2.34. The van der Waals surface area contributed by atoms with Crippen molar-refractivity contribution in [1.29, 1.82) is 0 Å². The second-order valence-electron chi connectivity index (χ2n) is 6.04. The van der Waals surface area contributed by atoms with E-state index in [2.05, 4.69) is 15.5 Å². The number of rotatable bonds is 7. The minimum absolute atomic E-state index is 0.0223. The van der Waals surface area contributed by atoms with Crippen molar-refractivity contribution in [1.82, 2.24) is 25.1 Å². The molecule has 8 nitrogen and oxygen atoms in total. The summed E-state index contributed by atoms with van der Waals surface area (Å²) in [6.45, 7) is 0.764. The Bertz CT molecular complexity index is 767. The van der Waals surface area contributed by atoms with Gasteiger partial charge in [0, 0.05) is 31.3 Å². The van der Waals surface area contributed by atoms with Gasteiger partial charge in [-0.2, -0.15) is 0 Å². The van der Waals surface area contributed by atoms with E-state index in [9.17, 15) is 4.79 Å². The number of carbonyl (C=O) groups excluding carboxylic acids is 1. The molecule has 1 aromatic heterocycles. The molecule has 1 atom stereocenters. The van der Waals surface area contributed by atoms with Crippen LogP contribution in [0.4, 0.5) is 0 Å². The van der Waals surface area contributed by atoms with Gasteiger partial charge < -0.3 is 14.4 Å². The fraction of sp³-hybridized carbons (Fsp3) is 0.529. The monoisotopic (exact) mass is 377 g/mol. The number of methoxy groups -OCH3 is 2. The summed E-state index contributed by atoms with van der Waals surface area (Å²) < 4.78 is 12.5. The van der Waals surface area contributed by atoms with Crippen LogP contribution in [0, 0.1) is 0 Å². The lowest BCUT2D eigenvalue weighted by Crippen LogP contribution is -2.31. The number of amides is 1. The normalized spacial score (nSPS) is 16.7. The van der Waals surface area contributed by atoms with Crippen molar-refractivity contribution < 1.29 is 14.3 Å². The van der Waals surface area contributed by atoms with E-state index in [1.165, 1.54) is 11.8 Å². The average Bonchev–Trinajstić information content (AvgIpc) is 3.30. The first-order valence-electron chi connectivity index (χ1n) is 8.50. The van der Waals surface area contributed by atoms with E-state index in [1.807, 2.05) is 23.1 Å². The maximum Gasteiger partial charge on any atom is 0.223 e. The molecule has 0 radical (unpaired) electrons. The van der Waals surface area contributed by atoms with Gasteiger partial charge in [0.1, 0.15) is 11.5 Å². The standard InChI is InChI=1S/C17H23N5O3S/c1-21-17(18-19-20-21)26-10-8-16(23)22-9-4-5-14(22)13-11-12(24-2)6-7-15(13)25-3/h6-7,11,14H,4-5,8-10H2,1-3H3. The van der Waals surface area contributed by atoms with Crippen molar-refractivity contribution in [3.8, 4) is 11.5 Å². The van der Waals surface area contributed by atoms with E-state index >= 15 is 0 Å². The Kier molecular flexibility index (Phi) is 5.97. The number of hydrogen-bond acceptors (Lipinski definition) is 7. The summed E-state index contributed by atoms with van der Waals surface area (Å²) in [6.07, 6.45) is 2.35. The summed E-state index contributed by atoms with van der Waals surface area (Å²) in [5, 5.41) is 12.0. The molecule has 1 aromatic carbocycles. The smallest absolute Gasteiger partial charge is 0.223 e. The molecule has 3 rings (SSSR count). The average molecular weight is 377 g/mol. The number of thioether (sulfide) groups is 1. The topological polar surface area (TPSA) is 82.4 Å². The number of ether oxygens (including phenoxy) is 2. The van der Waals surface area contributed by atoms with Gasteiger partial charge in [-0.05, 0) is 41.5 Å². The Labute approximate surface area is 156 Å². The Morgan fingerprint density at radius 2 is 2.19 bits per heavy atom. The first-order chi connectivity index (χ1) is 12.6. The van der Waals surface area contributed by atoms with E-state index in [4.69, 9.17) is 9.47 Å². The molecular weight excluding hydrogens is 354 g/mol. The highest BCUT2D eigenvalue weighted by atomic mass is 32.2. The van der Waals surface area contributed by atoms with Crippen LogP contribution >= 0.6 is 11.8 Å². The predicted octanol–water partition coefficient (Wildman–Crippen LogP) is 2.07. The maximum absolute atomic E-state index is 12.8. The number of aromatic nitrogens is 4. The van der Waals surface area contributed by atoms with Crippen molar-refractivity contribution in [2.45, 2.75) is 30.5 Å². The van der Waals surface area contributed by atoms with Gasteiger partial charge in [-0.3, -0.25) is 4.79 Å². The Hall–Kier alpha value is -2.29. The number of tetrazole rings is 1. The molecule has 26 heavy (non-hydrogen) atoms. The molecule has 1 fully saturated rings. The summed E-state index contributed by atoms with van der Waals surface area (Å²) >= 11 is 1.49. The molecule has 0 saturated carbocycles. The third-order valence-corrected chi connectivity index (χ3v) is 5.51. The first kappa shape index (κ1) is 18.5. The van der Waals surface area contributed by atoms with Crippen molar-refractivity contribution in [3.05, 3.63) is 23.8 Å². The lowest BCUT2D eigenvalue weighted by Gasteiger charge is -2.26. The first-order valence-corrected chi connectivity index (χ1v) is 9.49. The van der Waals surface area contributed by atoms with E-state index < -0.39 is 0 Å². The van der Waals surface area contributed by atoms with Crippen molar-refractivity contribution >= 4 is 17.7 Å². The van der Waals surface area contributed by atoms with Crippen LogP contribution in [0.5, 0.6) is 11.5 Å². The Morgan fingerprint density at radius 3 is 2.88 bits per heavy atom. The molecule has 9 heteroatoms. The van der Waals surface area contributed by atoms with Crippen LogP contribution < -0.4 is 9.47 Å². The van der Waals surface area contributed by atoms with Gasteiger partial charge in [0.15, 0.2) is 0 Å². The zero-order chi connectivity index (χ0) is 18.5. The molecule has 1 saturated heterocycles. The third-order valence-electron chi connectivity index (χ3n) is 4.50. The molecule has 1 aliphatic rings. The van der Waals surface area contributed by atoms with Crippen LogP contribution in [0.1, 0.15) is 30.9 Å². The molecular formula is C17H23N5O3S. The van der Waals surface area contributed by atoms with Crippen molar-refractivity contribution in [2.24, 2.45) is 7.05 Å². The fourth-order valence-electron chi connectivity index (χ4n) is 3.21. The molecule has 0 spiro atoms. The summed E-state index contributed by atoms with van der Waals surface area (Å²) in [4.78, 5) is 14.7. The molecule has 2 heterocycles. The SMILES string of the molecule is COc1ccc(OC)c(C2CCCN2C(=O)CCSc2nnnn2C)c1. The molecule has 1 amide bonds. The van der Waals surface area contributed by atoms with Gasteiger partial charge >= 0.3 is 0 Å². The molecule has 0 bridgehead atoms. The molecule has 1 unspecified atom stereocenters. The quantitative estimate of drug-likeness (QED) is 0.683. The van der Waals surface area contributed by atoms with Crippen molar-refractivity contribution in [2.75, 3.05) is 26.5 Å². The number of hydrogen-bond donors (Lipinski definition) is 0. The zero-order valence-corrected chi connectivity index (χ0v) is 16.0. The highest BCUT2D eigenvalue weighted by Crippen LogP contribution is 2.39. The molecule has 1 aliphatic heterocycles. The Balaban J connectivity index is 1.67. The van der Waals surface area contributed by atoms with E-state index in [-0.39, 0.29) is 11.9 Å². The van der Waals surface area contributed by atoms with Gasteiger partial charge in [-0.1, -0.05) is 11.8 Å². The van der Waals surface area contributed by atoms with Gasteiger partial charge in [0.05, 0.1) is 20.3 Å². The van der Waals surface area contributed by atoms with Crippen LogP contribution in [0.2, 0.25) is 0 Å². The van der Waals surface area contributed by atoms with Crippen LogP contribution in [0.3, 0.4) is 0 Å². The molecule has 140 valence electrons. The second kappa shape index (κ2) is 8.39. The van der Waals surface area contributed by atoms with Crippen LogP contribution in [0.25, 0.3) is 0 Å².